The predicted octanol–water partition coefficient (Wildman–Crippen LogP) is 1.17. The zero-order valence-corrected chi connectivity index (χ0v) is 12.4. The van der Waals surface area contributed by atoms with Gasteiger partial charge in [-0.3, -0.25) is 14.6 Å². The van der Waals surface area contributed by atoms with Gasteiger partial charge >= 0.3 is 5.97 Å². The molecule has 0 saturated carbocycles. The van der Waals surface area contributed by atoms with Crippen LogP contribution in [0.1, 0.15) is 32.4 Å². The van der Waals surface area contributed by atoms with Crippen LogP contribution < -0.4 is 0 Å². The number of carboxylic acid groups (broad SMARTS) is 1. The van der Waals surface area contributed by atoms with E-state index in [-0.39, 0.29) is 12.0 Å². The summed E-state index contributed by atoms with van der Waals surface area (Å²) >= 11 is 0. The minimum atomic E-state index is -0.763. The Bertz CT molecular complexity index is 456. The van der Waals surface area contributed by atoms with Gasteiger partial charge in [0, 0.05) is 31.6 Å². The van der Waals surface area contributed by atoms with Gasteiger partial charge in [-0.25, -0.2) is 4.98 Å². The molecule has 1 aromatic heterocycles. The van der Waals surface area contributed by atoms with Gasteiger partial charge in [-0.05, 0) is 0 Å². The summed E-state index contributed by atoms with van der Waals surface area (Å²) in [5, 5.41) is 8.77. The molecule has 2 heterocycles. The van der Waals surface area contributed by atoms with Crippen molar-refractivity contribution in [1.82, 2.24) is 14.8 Å². The topological polar surface area (TPSA) is 69.8 Å². The van der Waals surface area contributed by atoms with Crippen molar-refractivity contribution in [2.24, 2.45) is 0 Å². The van der Waals surface area contributed by atoms with Crippen molar-refractivity contribution in [3.8, 4) is 0 Å². The average Bonchev–Trinajstić information content (AvgIpc) is 2.79. The van der Waals surface area contributed by atoms with Gasteiger partial charge in [-0.1, -0.05) is 20.8 Å². The SMILES string of the molecule is CC(C)(C)c1cnc(CN2CCN(CC(=O)O)CC2)o1. The lowest BCUT2D eigenvalue weighted by atomic mass is 9.94. The maximum Gasteiger partial charge on any atom is 0.317 e. The lowest BCUT2D eigenvalue weighted by Crippen LogP contribution is -2.47. The first kappa shape index (κ1) is 15.0. The molecule has 0 radical (unpaired) electrons. The van der Waals surface area contributed by atoms with E-state index in [1.165, 1.54) is 0 Å². The van der Waals surface area contributed by atoms with Gasteiger partial charge in [0.2, 0.25) is 5.89 Å². The highest BCUT2D eigenvalue weighted by Crippen LogP contribution is 2.23. The maximum absolute atomic E-state index is 10.7. The van der Waals surface area contributed by atoms with Crippen molar-refractivity contribution in [2.45, 2.75) is 32.7 Å². The van der Waals surface area contributed by atoms with Crippen LogP contribution in [-0.2, 0) is 16.8 Å². The molecule has 0 bridgehead atoms. The van der Waals surface area contributed by atoms with Gasteiger partial charge in [0.05, 0.1) is 19.3 Å². The second-order valence-electron chi connectivity index (χ2n) is 6.31. The Morgan fingerprint density at radius 2 is 1.90 bits per heavy atom. The third kappa shape index (κ3) is 4.05. The monoisotopic (exact) mass is 281 g/mol. The number of rotatable bonds is 4. The third-order valence-electron chi connectivity index (χ3n) is 3.48. The molecule has 20 heavy (non-hydrogen) atoms. The highest BCUT2D eigenvalue weighted by atomic mass is 16.4. The Hall–Kier alpha value is -1.40. The first-order chi connectivity index (χ1) is 9.34. The van der Waals surface area contributed by atoms with Crippen LogP contribution >= 0.6 is 0 Å². The summed E-state index contributed by atoms with van der Waals surface area (Å²) in [4.78, 5) is 19.2. The van der Waals surface area contributed by atoms with E-state index in [1.54, 1.807) is 6.20 Å². The molecule has 1 fully saturated rings. The summed E-state index contributed by atoms with van der Waals surface area (Å²) in [6.07, 6.45) is 1.80. The Labute approximate surface area is 119 Å². The highest BCUT2D eigenvalue weighted by Gasteiger charge is 2.22. The van der Waals surface area contributed by atoms with Crippen LogP contribution in [0.4, 0.5) is 0 Å². The van der Waals surface area contributed by atoms with Crippen LogP contribution in [0.25, 0.3) is 0 Å². The van der Waals surface area contributed by atoms with E-state index < -0.39 is 5.97 Å². The summed E-state index contributed by atoms with van der Waals surface area (Å²) < 4.78 is 5.78. The summed E-state index contributed by atoms with van der Waals surface area (Å²) in [6, 6.07) is 0. The third-order valence-corrected chi connectivity index (χ3v) is 3.48. The molecule has 0 amide bonds. The van der Waals surface area contributed by atoms with Crippen LogP contribution in [0.5, 0.6) is 0 Å². The molecule has 6 heteroatoms. The zero-order valence-electron chi connectivity index (χ0n) is 12.4. The molecule has 0 spiro atoms. The summed E-state index contributed by atoms with van der Waals surface area (Å²) in [6.45, 7) is 10.4. The van der Waals surface area contributed by atoms with Gasteiger partial charge in [-0.2, -0.15) is 0 Å². The van der Waals surface area contributed by atoms with E-state index in [1.807, 2.05) is 4.90 Å². The fraction of sp³-hybridized carbons (Fsp3) is 0.714. The number of hydrogen-bond acceptors (Lipinski definition) is 5. The van der Waals surface area contributed by atoms with Crippen molar-refractivity contribution in [3.05, 3.63) is 17.8 Å². The van der Waals surface area contributed by atoms with Crippen LogP contribution in [0.15, 0.2) is 10.6 Å². The lowest BCUT2D eigenvalue weighted by Gasteiger charge is -2.32. The second kappa shape index (κ2) is 5.93. The van der Waals surface area contributed by atoms with Gasteiger partial charge in [0.15, 0.2) is 0 Å². The number of carboxylic acids is 1. The van der Waals surface area contributed by atoms with E-state index in [0.29, 0.717) is 6.54 Å². The fourth-order valence-corrected chi connectivity index (χ4v) is 2.22. The summed E-state index contributed by atoms with van der Waals surface area (Å²) in [7, 11) is 0. The number of hydrogen-bond donors (Lipinski definition) is 1. The minimum absolute atomic E-state index is 0.0224. The Morgan fingerprint density at radius 1 is 1.30 bits per heavy atom. The smallest absolute Gasteiger partial charge is 0.317 e. The molecule has 0 atom stereocenters. The summed E-state index contributed by atoms with van der Waals surface area (Å²) in [5.41, 5.74) is -0.0224. The molecule has 6 nitrogen and oxygen atoms in total. The van der Waals surface area contributed by atoms with Crippen LogP contribution in [0.2, 0.25) is 0 Å². The normalized spacial score (nSPS) is 18.4. The van der Waals surface area contributed by atoms with E-state index >= 15 is 0 Å². The largest absolute Gasteiger partial charge is 0.480 e. The summed E-state index contributed by atoms with van der Waals surface area (Å²) in [5.74, 6) is 0.875. The van der Waals surface area contributed by atoms with Crippen molar-refractivity contribution >= 4 is 5.97 Å². The lowest BCUT2D eigenvalue weighted by molar-refractivity contribution is -0.138. The van der Waals surface area contributed by atoms with Gasteiger partial charge in [-0.15, -0.1) is 0 Å². The second-order valence-corrected chi connectivity index (χ2v) is 6.31. The molecule has 1 aromatic rings. The number of oxazole rings is 1. The first-order valence-corrected chi connectivity index (χ1v) is 6.96. The van der Waals surface area contributed by atoms with Gasteiger partial charge < -0.3 is 9.52 Å². The molecule has 1 N–H and O–H groups in total. The number of carbonyl (C=O) groups is 1. The molecular weight excluding hydrogens is 258 g/mol. The Kier molecular flexibility index (Phi) is 4.45. The van der Waals surface area contributed by atoms with Crippen molar-refractivity contribution < 1.29 is 14.3 Å². The van der Waals surface area contributed by atoms with E-state index in [4.69, 9.17) is 9.52 Å². The van der Waals surface area contributed by atoms with Crippen LogP contribution in [0, 0.1) is 0 Å². The fourth-order valence-electron chi connectivity index (χ4n) is 2.22. The highest BCUT2D eigenvalue weighted by molar-refractivity contribution is 5.69. The number of aliphatic carboxylic acids is 1. The van der Waals surface area contributed by atoms with Crippen LogP contribution in [-0.4, -0.2) is 58.6 Å². The molecule has 112 valence electrons. The maximum atomic E-state index is 10.7. The van der Waals surface area contributed by atoms with E-state index in [2.05, 4.69) is 30.7 Å². The molecule has 0 aromatic carbocycles. The van der Waals surface area contributed by atoms with Crippen molar-refractivity contribution in [3.63, 3.8) is 0 Å². The molecular formula is C14H23N3O3. The molecule has 0 unspecified atom stereocenters. The minimum Gasteiger partial charge on any atom is -0.480 e. The van der Waals surface area contributed by atoms with Gasteiger partial charge in [0.1, 0.15) is 5.76 Å². The number of nitrogens with zero attached hydrogens (tertiary/aromatic N) is 3. The first-order valence-electron chi connectivity index (χ1n) is 6.96. The van der Waals surface area contributed by atoms with E-state index in [9.17, 15) is 4.79 Å². The number of aromatic nitrogens is 1. The molecule has 0 aliphatic carbocycles. The zero-order chi connectivity index (χ0) is 14.8. The molecule has 2 rings (SSSR count). The van der Waals surface area contributed by atoms with Crippen molar-refractivity contribution in [2.75, 3.05) is 32.7 Å². The van der Waals surface area contributed by atoms with Gasteiger partial charge in [0.25, 0.3) is 0 Å². The molecule has 1 saturated heterocycles. The molecule has 1 aliphatic heterocycles. The van der Waals surface area contributed by atoms with Crippen LogP contribution in [0.3, 0.4) is 0 Å². The molecule has 1 aliphatic rings. The number of piperazine rings is 1. The van der Waals surface area contributed by atoms with E-state index in [0.717, 1.165) is 37.8 Å². The Morgan fingerprint density at radius 3 is 2.40 bits per heavy atom. The standard InChI is InChI=1S/C14H23N3O3/c1-14(2,3)11-8-15-12(20-11)9-16-4-6-17(7-5-16)10-13(18)19/h8H,4-7,9-10H2,1-3H3,(H,18,19). The van der Waals surface area contributed by atoms with Crippen molar-refractivity contribution in [1.29, 1.82) is 0 Å². The Balaban J connectivity index is 1.84. The average molecular weight is 281 g/mol. The predicted molar refractivity (Wildman–Crippen MR) is 74.6 cm³/mol. The quantitative estimate of drug-likeness (QED) is 0.893.